The molecule has 1 aliphatic rings. The van der Waals surface area contributed by atoms with Crippen LogP contribution >= 0.6 is 11.3 Å². The molecule has 100 valence electrons. The fourth-order valence-electron chi connectivity index (χ4n) is 2.52. The minimum Gasteiger partial charge on any atom is -0.367 e. The van der Waals surface area contributed by atoms with Gasteiger partial charge in [0.05, 0.1) is 5.69 Å². The van der Waals surface area contributed by atoms with E-state index in [0.717, 1.165) is 26.2 Å². The number of rotatable bonds is 1. The summed E-state index contributed by atoms with van der Waals surface area (Å²) in [5.41, 5.74) is 1.30. The maximum Gasteiger partial charge on any atom is 0.317 e. The van der Waals surface area contributed by atoms with E-state index in [0.29, 0.717) is 0 Å². The standard InChI is InChI=1S/C14H17N3OS/c1-15-14(18)17-8-6-16(7-9-17)12-10-19-13-5-3-2-4-11(12)13/h2-5,10H,6-9H2,1H3,(H,15,18). The van der Waals surface area contributed by atoms with Crippen molar-refractivity contribution < 1.29 is 4.79 Å². The van der Waals surface area contributed by atoms with E-state index in [2.05, 4.69) is 39.9 Å². The number of hydrogen-bond acceptors (Lipinski definition) is 3. The van der Waals surface area contributed by atoms with E-state index >= 15 is 0 Å². The number of fused-ring (bicyclic) bond motifs is 1. The average molecular weight is 275 g/mol. The summed E-state index contributed by atoms with van der Waals surface area (Å²) in [5.74, 6) is 0. The van der Waals surface area contributed by atoms with Gasteiger partial charge in [-0.1, -0.05) is 18.2 Å². The summed E-state index contributed by atoms with van der Waals surface area (Å²) in [6.45, 7) is 3.36. The highest BCUT2D eigenvalue weighted by Crippen LogP contribution is 2.33. The predicted octanol–water partition coefficient (Wildman–Crippen LogP) is 2.36. The molecular weight excluding hydrogens is 258 g/mol. The maximum atomic E-state index is 11.6. The first-order valence-corrected chi connectivity index (χ1v) is 7.35. The highest BCUT2D eigenvalue weighted by Gasteiger charge is 2.21. The zero-order valence-corrected chi connectivity index (χ0v) is 11.7. The minimum atomic E-state index is 0.0230. The van der Waals surface area contributed by atoms with Crippen LogP contribution in [0.2, 0.25) is 0 Å². The number of urea groups is 1. The van der Waals surface area contributed by atoms with E-state index in [1.807, 2.05) is 4.90 Å². The number of piperazine rings is 1. The van der Waals surface area contributed by atoms with E-state index in [9.17, 15) is 4.79 Å². The molecule has 19 heavy (non-hydrogen) atoms. The van der Waals surface area contributed by atoms with Crippen molar-refractivity contribution in [3.63, 3.8) is 0 Å². The van der Waals surface area contributed by atoms with E-state index in [1.165, 1.54) is 15.8 Å². The topological polar surface area (TPSA) is 35.6 Å². The molecular formula is C14H17N3OS. The fourth-order valence-corrected chi connectivity index (χ4v) is 3.49. The van der Waals surface area contributed by atoms with Crippen LogP contribution in [0.3, 0.4) is 0 Å². The van der Waals surface area contributed by atoms with E-state index in [-0.39, 0.29) is 6.03 Å². The Morgan fingerprint density at radius 1 is 1.21 bits per heavy atom. The molecule has 0 atom stereocenters. The van der Waals surface area contributed by atoms with Crippen LogP contribution in [0.4, 0.5) is 10.5 Å². The first kappa shape index (κ1) is 12.3. The van der Waals surface area contributed by atoms with Crippen molar-refractivity contribution in [1.29, 1.82) is 0 Å². The Balaban J connectivity index is 1.77. The Kier molecular flexibility index (Phi) is 3.29. The van der Waals surface area contributed by atoms with Gasteiger partial charge in [-0.25, -0.2) is 4.79 Å². The summed E-state index contributed by atoms with van der Waals surface area (Å²) in [7, 11) is 1.68. The second-order valence-corrected chi connectivity index (χ2v) is 5.56. The zero-order valence-electron chi connectivity index (χ0n) is 10.9. The van der Waals surface area contributed by atoms with Gasteiger partial charge in [0.2, 0.25) is 0 Å². The Morgan fingerprint density at radius 3 is 2.68 bits per heavy atom. The number of carbonyl (C=O) groups is 1. The minimum absolute atomic E-state index is 0.0230. The van der Waals surface area contributed by atoms with Crippen LogP contribution in [0.25, 0.3) is 10.1 Å². The second kappa shape index (κ2) is 5.09. The van der Waals surface area contributed by atoms with E-state index in [1.54, 1.807) is 18.4 Å². The average Bonchev–Trinajstić information content (AvgIpc) is 2.90. The lowest BCUT2D eigenvalue weighted by Crippen LogP contribution is -2.51. The number of nitrogens with one attached hydrogen (secondary N) is 1. The number of amides is 2. The zero-order chi connectivity index (χ0) is 13.2. The lowest BCUT2D eigenvalue weighted by Gasteiger charge is -2.35. The third-order valence-electron chi connectivity index (χ3n) is 3.58. The van der Waals surface area contributed by atoms with Gasteiger partial charge in [-0.05, 0) is 6.07 Å². The quantitative estimate of drug-likeness (QED) is 0.867. The molecule has 0 radical (unpaired) electrons. The Bertz CT molecular complexity index is 587. The number of benzene rings is 1. The molecule has 0 unspecified atom stereocenters. The van der Waals surface area contributed by atoms with Crippen molar-refractivity contribution in [1.82, 2.24) is 10.2 Å². The van der Waals surface area contributed by atoms with E-state index < -0.39 is 0 Å². The molecule has 5 heteroatoms. The molecule has 2 heterocycles. The molecule has 1 fully saturated rings. The number of anilines is 1. The smallest absolute Gasteiger partial charge is 0.317 e. The maximum absolute atomic E-state index is 11.6. The molecule has 2 amide bonds. The van der Waals surface area contributed by atoms with Gasteiger partial charge >= 0.3 is 6.03 Å². The first-order valence-electron chi connectivity index (χ1n) is 6.47. The van der Waals surface area contributed by atoms with Crippen LogP contribution in [-0.2, 0) is 0 Å². The largest absolute Gasteiger partial charge is 0.367 e. The summed E-state index contributed by atoms with van der Waals surface area (Å²) in [6, 6.07) is 8.51. The molecule has 0 saturated carbocycles. The summed E-state index contributed by atoms with van der Waals surface area (Å²) >= 11 is 1.78. The van der Waals surface area contributed by atoms with Gasteiger partial charge in [-0.15, -0.1) is 11.3 Å². The highest BCUT2D eigenvalue weighted by molar-refractivity contribution is 7.17. The van der Waals surface area contributed by atoms with Crippen LogP contribution in [-0.4, -0.2) is 44.2 Å². The van der Waals surface area contributed by atoms with Gasteiger partial charge in [0.1, 0.15) is 0 Å². The number of carbonyl (C=O) groups excluding carboxylic acids is 1. The van der Waals surface area contributed by atoms with Crippen LogP contribution < -0.4 is 10.2 Å². The summed E-state index contributed by atoms with van der Waals surface area (Å²) < 4.78 is 1.33. The summed E-state index contributed by atoms with van der Waals surface area (Å²) in [4.78, 5) is 15.8. The molecule has 2 aromatic rings. The van der Waals surface area contributed by atoms with Crippen LogP contribution in [0, 0.1) is 0 Å². The van der Waals surface area contributed by atoms with Gasteiger partial charge in [-0.2, -0.15) is 0 Å². The second-order valence-electron chi connectivity index (χ2n) is 4.65. The normalized spacial score (nSPS) is 15.8. The lowest BCUT2D eigenvalue weighted by molar-refractivity contribution is 0.196. The van der Waals surface area contributed by atoms with Crippen molar-refractivity contribution >= 4 is 33.1 Å². The Labute approximate surface area is 116 Å². The van der Waals surface area contributed by atoms with Crippen molar-refractivity contribution in [2.24, 2.45) is 0 Å². The number of nitrogens with zero attached hydrogens (tertiary/aromatic N) is 2. The molecule has 1 aromatic heterocycles. The Morgan fingerprint density at radius 2 is 1.95 bits per heavy atom. The molecule has 0 bridgehead atoms. The Hall–Kier alpha value is -1.75. The lowest BCUT2D eigenvalue weighted by atomic mass is 10.2. The molecule has 1 saturated heterocycles. The van der Waals surface area contributed by atoms with Crippen molar-refractivity contribution in [3.05, 3.63) is 29.6 Å². The molecule has 4 nitrogen and oxygen atoms in total. The number of thiophene rings is 1. The SMILES string of the molecule is CNC(=O)N1CCN(c2csc3ccccc23)CC1. The van der Waals surface area contributed by atoms with Crippen LogP contribution in [0.15, 0.2) is 29.6 Å². The summed E-state index contributed by atoms with van der Waals surface area (Å²) in [6.07, 6.45) is 0. The third kappa shape index (κ3) is 2.26. The van der Waals surface area contributed by atoms with Gasteiger partial charge in [0.25, 0.3) is 0 Å². The van der Waals surface area contributed by atoms with Crippen molar-refractivity contribution in [2.75, 3.05) is 38.1 Å². The predicted molar refractivity (Wildman–Crippen MR) is 80.1 cm³/mol. The molecule has 1 aliphatic heterocycles. The van der Waals surface area contributed by atoms with Gasteiger partial charge in [0, 0.05) is 48.7 Å². The monoisotopic (exact) mass is 275 g/mol. The third-order valence-corrected chi connectivity index (χ3v) is 4.53. The molecule has 1 N–H and O–H groups in total. The van der Waals surface area contributed by atoms with Gasteiger partial charge in [0.15, 0.2) is 0 Å². The summed E-state index contributed by atoms with van der Waals surface area (Å²) in [5, 5.41) is 6.23. The van der Waals surface area contributed by atoms with Crippen LogP contribution in [0.5, 0.6) is 0 Å². The molecule has 1 aromatic carbocycles. The van der Waals surface area contributed by atoms with Crippen LogP contribution in [0.1, 0.15) is 0 Å². The van der Waals surface area contributed by atoms with Crippen molar-refractivity contribution in [3.8, 4) is 0 Å². The molecule has 0 aliphatic carbocycles. The first-order chi connectivity index (χ1) is 9.29. The van der Waals surface area contributed by atoms with Gasteiger partial charge in [-0.3, -0.25) is 0 Å². The van der Waals surface area contributed by atoms with Crippen molar-refractivity contribution in [2.45, 2.75) is 0 Å². The fraction of sp³-hybridized carbons (Fsp3) is 0.357. The molecule has 3 rings (SSSR count). The van der Waals surface area contributed by atoms with Gasteiger partial charge < -0.3 is 15.1 Å². The molecule has 0 spiro atoms. The number of hydrogen-bond donors (Lipinski definition) is 1. The highest BCUT2D eigenvalue weighted by atomic mass is 32.1. The van der Waals surface area contributed by atoms with E-state index in [4.69, 9.17) is 0 Å².